The molecule has 1 atom stereocenters. The molecule has 0 amide bonds. The van der Waals surface area contributed by atoms with Crippen molar-refractivity contribution in [3.8, 4) is 40.1 Å². The number of carbonyl (C=O) groups is 1. The second-order valence-electron chi connectivity index (χ2n) is 8.43. The van der Waals surface area contributed by atoms with Gasteiger partial charge in [-0.05, 0) is 42.7 Å². The topological polar surface area (TPSA) is 106 Å². The van der Waals surface area contributed by atoms with Gasteiger partial charge in [0.05, 0.1) is 21.3 Å². The summed E-state index contributed by atoms with van der Waals surface area (Å²) in [6.07, 6.45) is 2.08. The molecule has 0 radical (unpaired) electrons. The van der Waals surface area contributed by atoms with Gasteiger partial charge in [-0.3, -0.25) is 4.79 Å². The van der Waals surface area contributed by atoms with Crippen LogP contribution >= 0.6 is 0 Å². The predicted molar refractivity (Wildman–Crippen MR) is 125 cm³/mol. The molecule has 0 spiro atoms. The molecule has 0 fully saturated rings. The molecule has 0 saturated carbocycles. The number of Topliss-reactive ketones (excluding diaryl/α,β-unsaturated/α-hetero) is 1. The van der Waals surface area contributed by atoms with Gasteiger partial charge in [0.15, 0.2) is 34.6 Å². The lowest BCUT2D eigenvalue weighted by molar-refractivity contribution is -0.116. The Morgan fingerprint density at radius 3 is 2.51 bits per heavy atom. The van der Waals surface area contributed by atoms with Crippen molar-refractivity contribution in [2.75, 3.05) is 33.4 Å². The minimum atomic E-state index is -0.438. The smallest absolute Gasteiger partial charge is 0.231 e. The summed E-state index contributed by atoms with van der Waals surface area (Å²) in [6, 6.07) is 8.89. The summed E-state index contributed by atoms with van der Waals surface area (Å²) in [5.74, 6) is 3.96. The predicted octanol–water partition coefficient (Wildman–Crippen LogP) is 3.72. The van der Waals surface area contributed by atoms with E-state index in [1.807, 2.05) is 18.2 Å². The second-order valence-corrected chi connectivity index (χ2v) is 8.43. The third-order valence-corrected chi connectivity index (χ3v) is 6.50. The van der Waals surface area contributed by atoms with Crippen molar-refractivity contribution in [2.24, 2.45) is 0 Å². The van der Waals surface area contributed by atoms with Crippen LogP contribution in [0.1, 0.15) is 30.9 Å². The van der Waals surface area contributed by atoms with Crippen molar-refractivity contribution in [1.29, 1.82) is 0 Å². The Morgan fingerprint density at radius 1 is 1.00 bits per heavy atom. The molecule has 1 unspecified atom stereocenters. The van der Waals surface area contributed by atoms with Crippen molar-refractivity contribution >= 4 is 11.7 Å². The highest BCUT2D eigenvalue weighted by Crippen LogP contribution is 2.45. The number of ether oxygens (including phenoxy) is 5. The molecule has 0 bridgehead atoms. The fraction of sp³-hybridized carbons (Fsp3) is 0.320. The number of allylic oxidation sites excluding steroid dienone is 2. The lowest BCUT2D eigenvalue weighted by atomic mass is 9.85. The van der Waals surface area contributed by atoms with E-state index in [1.54, 1.807) is 38.1 Å². The number of ketones is 1. The minimum absolute atomic E-state index is 0.108. The Bertz CT molecular complexity index is 1350. The molecule has 2 aromatic carbocycles. The number of rotatable bonds is 5. The van der Waals surface area contributed by atoms with Gasteiger partial charge in [-0.25, -0.2) is 4.68 Å². The van der Waals surface area contributed by atoms with Gasteiger partial charge in [-0.2, -0.15) is 4.98 Å². The lowest BCUT2D eigenvalue weighted by Crippen LogP contribution is -2.31. The molecule has 10 heteroatoms. The van der Waals surface area contributed by atoms with Gasteiger partial charge in [0.1, 0.15) is 6.04 Å². The number of hydrogen-bond acceptors (Lipinski definition) is 9. The highest BCUT2D eigenvalue weighted by molar-refractivity contribution is 5.99. The van der Waals surface area contributed by atoms with Crippen LogP contribution in [0.25, 0.3) is 11.4 Å². The summed E-state index contributed by atoms with van der Waals surface area (Å²) in [4.78, 5) is 17.9. The molecule has 10 nitrogen and oxygen atoms in total. The van der Waals surface area contributed by atoms with Gasteiger partial charge >= 0.3 is 0 Å². The molecule has 1 aromatic heterocycles. The van der Waals surface area contributed by atoms with E-state index >= 15 is 0 Å². The number of hydrogen-bond donors (Lipinski definition) is 1. The number of benzene rings is 2. The van der Waals surface area contributed by atoms with Crippen LogP contribution in [-0.4, -0.2) is 48.7 Å². The van der Waals surface area contributed by atoms with Gasteiger partial charge in [0.2, 0.25) is 18.5 Å². The molecule has 35 heavy (non-hydrogen) atoms. The maximum absolute atomic E-state index is 13.1. The Balaban J connectivity index is 1.50. The van der Waals surface area contributed by atoms with E-state index in [9.17, 15) is 4.79 Å². The Hall–Kier alpha value is -4.21. The largest absolute Gasteiger partial charge is 0.493 e. The maximum atomic E-state index is 13.1. The second kappa shape index (κ2) is 8.23. The first kappa shape index (κ1) is 21.3. The molecule has 0 saturated heterocycles. The molecule has 3 aromatic rings. The van der Waals surface area contributed by atoms with Crippen LogP contribution < -0.4 is 29.0 Å². The summed E-state index contributed by atoms with van der Waals surface area (Å²) in [6.45, 7) is 0.178. The molecule has 6 rings (SSSR count). The summed E-state index contributed by atoms with van der Waals surface area (Å²) in [5, 5.41) is 8.19. The zero-order chi connectivity index (χ0) is 24.1. The number of carbonyl (C=O) groups excluding carboxylic acids is 1. The van der Waals surface area contributed by atoms with Crippen LogP contribution in [0, 0.1) is 0 Å². The number of anilines is 1. The third-order valence-electron chi connectivity index (χ3n) is 6.50. The molecule has 180 valence electrons. The van der Waals surface area contributed by atoms with Crippen LogP contribution in [-0.2, 0) is 4.79 Å². The Kier molecular flexibility index (Phi) is 5.01. The lowest BCUT2D eigenvalue weighted by Gasteiger charge is -2.32. The van der Waals surface area contributed by atoms with E-state index in [1.165, 1.54) is 0 Å². The minimum Gasteiger partial charge on any atom is -0.493 e. The highest BCUT2D eigenvalue weighted by atomic mass is 16.7. The van der Waals surface area contributed by atoms with Gasteiger partial charge in [0.25, 0.3) is 0 Å². The van der Waals surface area contributed by atoms with Crippen molar-refractivity contribution in [2.45, 2.75) is 25.3 Å². The first-order valence-electron chi connectivity index (χ1n) is 11.3. The van der Waals surface area contributed by atoms with Crippen LogP contribution in [0.4, 0.5) is 5.95 Å². The number of fused-ring (bicyclic) bond motifs is 2. The van der Waals surface area contributed by atoms with E-state index in [4.69, 9.17) is 33.8 Å². The highest BCUT2D eigenvalue weighted by Gasteiger charge is 2.37. The van der Waals surface area contributed by atoms with Crippen molar-refractivity contribution in [3.05, 3.63) is 47.2 Å². The monoisotopic (exact) mass is 476 g/mol. The first-order chi connectivity index (χ1) is 17.1. The normalized spacial score (nSPS) is 18.0. The maximum Gasteiger partial charge on any atom is 0.231 e. The molecule has 1 N–H and O–H groups in total. The third kappa shape index (κ3) is 3.36. The van der Waals surface area contributed by atoms with Crippen molar-refractivity contribution in [3.63, 3.8) is 0 Å². The average Bonchev–Trinajstić information content (AvgIpc) is 3.53. The SMILES string of the molecule is COc1cc(-c2nc3n(n2)C(c2ccc4c(c2)OCO4)C2=C(CCCC2=O)N3)cc(OC)c1OC. The first-order valence-corrected chi connectivity index (χ1v) is 11.3. The summed E-state index contributed by atoms with van der Waals surface area (Å²) >= 11 is 0. The Morgan fingerprint density at radius 2 is 1.77 bits per heavy atom. The number of aromatic nitrogens is 3. The summed E-state index contributed by atoms with van der Waals surface area (Å²) in [7, 11) is 4.68. The quantitative estimate of drug-likeness (QED) is 0.590. The van der Waals surface area contributed by atoms with Crippen LogP contribution in [0.3, 0.4) is 0 Å². The van der Waals surface area contributed by atoms with Gasteiger partial charge in [0, 0.05) is 23.3 Å². The van der Waals surface area contributed by atoms with E-state index in [2.05, 4.69) is 5.32 Å². The summed E-state index contributed by atoms with van der Waals surface area (Å²) in [5.41, 5.74) is 3.17. The van der Waals surface area contributed by atoms with Crippen molar-refractivity contribution in [1.82, 2.24) is 14.8 Å². The number of nitrogens with zero attached hydrogens (tertiary/aromatic N) is 3. The fourth-order valence-electron chi connectivity index (χ4n) is 4.88. The van der Waals surface area contributed by atoms with E-state index in [0.29, 0.717) is 58.1 Å². The van der Waals surface area contributed by atoms with Gasteiger partial charge in [-0.15, -0.1) is 5.10 Å². The molecule has 3 heterocycles. The summed E-state index contributed by atoms with van der Waals surface area (Å²) < 4.78 is 29.3. The Labute approximate surface area is 201 Å². The van der Waals surface area contributed by atoms with E-state index in [-0.39, 0.29) is 12.6 Å². The molecular weight excluding hydrogens is 452 g/mol. The van der Waals surface area contributed by atoms with Crippen LogP contribution in [0.5, 0.6) is 28.7 Å². The average molecular weight is 476 g/mol. The molecule has 1 aliphatic carbocycles. The zero-order valence-electron chi connectivity index (χ0n) is 19.6. The molecule has 2 aliphatic heterocycles. The molecular formula is C25H24N4O6. The van der Waals surface area contributed by atoms with E-state index in [0.717, 1.165) is 24.1 Å². The standard InChI is InChI=1S/C25H24N4O6/c1-31-19-10-14(11-20(32-2)23(19)33-3)24-27-25-26-15-5-4-6-16(30)21(15)22(29(25)28-24)13-7-8-17-18(9-13)35-12-34-17/h7-11,22H,4-6,12H2,1-3H3,(H,26,27,28). The molecule has 3 aliphatic rings. The fourth-order valence-corrected chi connectivity index (χ4v) is 4.88. The van der Waals surface area contributed by atoms with Crippen molar-refractivity contribution < 1.29 is 28.5 Å². The zero-order valence-corrected chi connectivity index (χ0v) is 19.6. The number of nitrogens with one attached hydrogen (secondary N) is 1. The number of methoxy groups -OCH3 is 3. The van der Waals surface area contributed by atoms with E-state index < -0.39 is 6.04 Å². The van der Waals surface area contributed by atoms with Gasteiger partial charge < -0.3 is 29.0 Å². The van der Waals surface area contributed by atoms with Crippen LogP contribution in [0.15, 0.2) is 41.6 Å². The van der Waals surface area contributed by atoms with Crippen LogP contribution in [0.2, 0.25) is 0 Å². The van der Waals surface area contributed by atoms with Gasteiger partial charge in [-0.1, -0.05) is 6.07 Å².